The fourth-order valence-corrected chi connectivity index (χ4v) is 2.33. The van der Waals surface area contributed by atoms with Gasteiger partial charge in [-0.05, 0) is 18.2 Å². The van der Waals surface area contributed by atoms with Crippen LogP contribution in [0.3, 0.4) is 0 Å². The van der Waals surface area contributed by atoms with E-state index in [0.29, 0.717) is 11.4 Å². The Hall–Kier alpha value is -2.61. The molecule has 0 bridgehead atoms. The highest BCUT2D eigenvalue weighted by Crippen LogP contribution is 2.21. The molecule has 116 valence electrons. The molecule has 0 atom stereocenters. The molecule has 2 N–H and O–H groups in total. The second-order valence-electron chi connectivity index (χ2n) is 4.69. The SMILES string of the molecule is Cn1cc(C=CC(=O)Nc2ccccc2NS(C)(=O)=O)cn1. The molecule has 7 nitrogen and oxygen atoms in total. The molecule has 2 aromatic rings. The summed E-state index contributed by atoms with van der Waals surface area (Å²) in [7, 11) is -1.64. The monoisotopic (exact) mass is 320 g/mol. The van der Waals surface area contributed by atoms with Gasteiger partial charge in [-0.25, -0.2) is 8.42 Å². The molecule has 0 fully saturated rings. The van der Waals surface area contributed by atoms with Crippen LogP contribution < -0.4 is 10.0 Å². The van der Waals surface area contributed by atoms with Crippen LogP contribution in [0.4, 0.5) is 11.4 Å². The van der Waals surface area contributed by atoms with Gasteiger partial charge in [-0.15, -0.1) is 0 Å². The largest absolute Gasteiger partial charge is 0.321 e. The zero-order valence-electron chi connectivity index (χ0n) is 12.1. The molecule has 1 aromatic carbocycles. The fraction of sp³-hybridized carbons (Fsp3) is 0.143. The zero-order chi connectivity index (χ0) is 16.2. The Morgan fingerprint density at radius 2 is 1.95 bits per heavy atom. The molecule has 0 aliphatic heterocycles. The lowest BCUT2D eigenvalue weighted by Crippen LogP contribution is -2.14. The third-order valence-corrected chi connectivity index (χ3v) is 3.22. The number of benzene rings is 1. The number of nitrogens with zero attached hydrogens (tertiary/aromatic N) is 2. The minimum absolute atomic E-state index is 0.313. The first-order valence-electron chi connectivity index (χ1n) is 6.38. The van der Waals surface area contributed by atoms with Gasteiger partial charge >= 0.3 is 0 Å². The number of rotatable bonds is 5. The molecule has 0 saturated carbocycles. The van der Waals surface area contributed by atoms with Crippen molar-refractivity contribution in [1.29, 1.82) is 0 Å². The van der Waals surface area contributed by atoms with E-state index in [9.17, 15) is 13.2 Å². The molecule has 0 spiro atoms. The molecule has 1 heterocycles. The van der Waals surface area contributed by atoms with E-state index in [1.807, 2.05) is 0 Å². The Morgan fingerprint density at radius 1 is 1.27 bits per heavy atom. The standard InChI is InChI=1S/C14H16N4O3S/c1-18-10-11(9-15-18)7-8-14(19)16-12-5-3-4-6-13(12)17-22(2,20)21/h3-10,17H,1-2H3,(H,16,19). The van der Waals surface area contributed by atoms with Crippen LogP contribution in [0, 0.1) is 0 Å². The molecule has 1 aromatic heterocycles. The maximum Gasteiger partial charge on any atom is 0.248 e. The van der Waals surface area contributed by atoms with Crippen molar-refractivity contribution in [2.45, 2.75) is 0 Å². The van der Waals surface area contributed by atoms with Crippen molar-refractivity contribution in [3.63, 3.8) is 0 Å². The molecule has 1 amide bonds. The summed E-state index contributed by atoms with van der Waals surface area (Å²) < 4.78 is 26.6. The lowest BCUT2D eigenvalue weighted by atomic mass is 10.2. The smallest absolute Gasteiger partial charge is 0.248 e. The van der Waals surface area contributed by atoms with Gasteiger partial charge in [-0.1, -0.05) is 12.1 Å². The Balaban J connectivity index is 2.10. The second kappa shape index (κ2) is 6.44. The topological polar surface area (TPSA) is 93.1 Å². The van der Waals surface area contributed by atoms with Crippen molar-refractivity contribution in [2.75, 3.05) is 16.3 Å². The van der Waals surface area contributed by atoms with Crippen molar-refractivity contribution < 1.29 is 13.2 Å². The van der Waals surface area contributed by atoms with Crippen LogP contribution in [0.1, 0.15) is 5.56 Å². The number of carbonyl (C=O) groups excluding carboxylic acids is 1. The summed E-state index contributed by atoms with van der Waals surface area (Å²) in [5.41, 5.74) is 1.49. The van der Waals surface area contributed by atoms with Crippen molar-refractivity contribution in [2.24, 2.45) is 7.05 Å². The molecule has 0 saturated heterocycles. The Morgan fingerprint density at radius 3 is 2.55 bits per heavy atom. The van der Waals surface area contributed by atoms with Gasteiger partial charge < -0.3 is 5.32 Å². The number of anilines is 2. The first-order chi connectivity index (χ1) is 10.3. The molecule has 2 rings (SSSR count). The van der Waals surface area contributed by atoms with Crippen molar-refractivity contribution >= 4 is 33.4 Å². The number of hydrogen-bond acceptors (Lipinski definition) is 4. The first-order valence-corrected chi connectivity index (χ1v) is 8.27. The van der Waals surface area contributed by atoms with Crippen molar-refractivity contribution in [3.8, 4) is 0 Å². The Labute approximate surface area is 128 Å². The van der Waals surface area contributed by atoms with Gasteiger partial charge in [0.1, 0.15) is 0 Å². The van der Waals surface area contributed by atoms with Crippen LogP contribution in [0.25, 0.3) is 6.08 Å². The molecule has 0 radical (unpaired) electrons. The normalized spacial score (nSPS) is 11.5. The minimum Gasteiger partial charge on any atom is -0.321 e. The summed E-state index contributed by atoms with van der Waals surface area (Å²) in [4.78, 5) is 11.9. The van der Waals surface area contributed by atoms with E-state index >= 15 is 0 Å². The van der Waals surface area contributed by atoms with Crippen molar-refractivity contribution in [3.05, 3.63) is 48.3 Å². The lowest BCUT2D eigenvalue weighted by Gasteiger charge is -2.10. The minimum atomic E-state index is -3.42. The first kappa shape index (κ1) is 15.8. The average molecular weight is 320 g/mol. The third kappa shape index (κ3) is 4.74. The van der Waals surface area contributed by atoms with Crippen LogP contribution in [0.15, 0.2) is 42.7 Å². The predicted molar refractivity (Wildman–Crippen MR) is 85.8 cm³/mol. The van der Waals surface area contributed by atoms with Crippen molar-refractivity contribution in [1.82, 2.24) is 9.78 Å². The predicted octanol–water partition coefficient (Wildman–Crippen LogP) is 1.44. The van der Waals surface area contributed by atoms with E-state index in [-0.39, 0.29) is 5.91 Å². The number of hydrogen-bond donors (Lipinski definition) is 2. The molecule has 0 unspecified atom stereocenters. The van der Waals surface area contributed by atoms with E-state index in [2.05, 4.69) is 15.1 Å². The number of amides is 1. The maximum atomic E-state index is 11.9. The van der Waals surface area contributed by atoms with Gasteiger partial charge in [-0.3, -0.25) is 14.2 Å². The Bertz CT molecular complexity index is 809. The van der Waals surface area contributed by atoms with E-state index in [0.717, 1.165) is 11.8 Å². The average Bonchev–Trinajstić information content (AvgIpc) is 2.83. The molecular formula is C14H16N4O3S. The summed E-state index contributed by atoms with van der Waals surface area (Å²) in [5.74, 6) is -0.369. The number of nitrogens with one attached hydrogen (secondary N) is 2. The highest BCUT2D eigenvalue weighted by molar-refractivity contribution is 7.92. The van der Waals surface area contributed by atoms with Gasteiger partial charge in [0.25, 0.3) is 0 Å². The molecule has 0 aliphatic rings. The number of sulfonamides is 1. The molecular weight excluding hydrogens is 304 g/mol. The maximum absolute atomic E-state index is 11.9. The van der Waals surface area contributed by atoms with Crippen LogP contribution >= 0.6 is 0 Å². The van der Waals surface area contributed by atoms with Gasteiger partial charge in [0, 0.05) is 24.9 Å². The van der Waals surface area contributed by atoms with E-state index in [4.69, 9.17) is 0 Å². The second-order valence-corrected chi connectivity index (χ2v) is 6.44. The van der Waals surface area contributed by atoms with Gasteiger partial charge in [0.2, 0.25) is 15.9 Å². The quantitative estimate of drug-likeness (QED) is 0.815. The van der Waals surface area contributed by atoms with Crippen LogP contribution in [-0.2, 0) is 21.9 Å². The van der Waals surface area contributed by atoms with E-state index in [1.54, 1.807) is 54.5 Å². The Kier molecular flexibility index (Phi) is 4.62. The summed E-state index contributed by atoms with van der Waals surface area (Å²) in [6.45, 7) is 0. The summed E-state index contributed by atoms with van der Waals surface area (Å²) >= 11 is 0. The molecule has 22 heavy (non-hydrogen) atoms. The lowest BCUT2D eigenvalue weighted by molar-refractivity contribution is -0.111. The van der Waals surface area contributed by atoms with Gasteiger partial charge in [-0.2, -0.15) is 5.10 Å². The number of aromatic nitrogens is 2. The summed E-state index contributed by atoms with van der Waals surface area (Å²) in [5, 5.41) is 6.62. The van der Waals surface area contributed by atoms with Gasteiger partial charge in [0.05, 0.1) is 23.8 Å². The van der Waals surface area contributed by atoms with Crippen LogP contribution in [0.5, 0.6) is 0 Å². The van der Waals surface area contributed by atoms with E-state index in [1.165, 1.54) is 6.08 Å². The summed E-state index contributed by atoms with van der Waals surface area (Å²) in [6.07, 6.45) is 7.42. The van der Waals surface area contributed by atoms with Gasteiger partial charge in [0.15, 0.2) is 0 Å². The molecule has 0 aliphatic carbocycles. The fourth-order valence-electron chi connectivity index (χ4n) is 1.75. The third-order valence-electron chi connectivity index (χ3n) is 2.63. The number of carbonyl (C=O) groups is 1. The number of aryl methyl sites for hydroxylation is 1. The van der Waals surface area contributed by atoms with Crippen LogP contribution in [-0.4, -0.2) is 30.4 Å². The van der Waals surface area contributed by atoms with E-state index < -0.39 is 10.0 Å². The van der Waals surface area contributed by atoms with Crippen LogP contribution in [0.2, 0.25) is 0 Å². The zero-order valence-corrected chi connectivity index (χ0v) is 13.0. The molecule has 8 heteroatoms. The number of para-hydroxylation sites is 2. The highest BCUT2D eigenvalue weighted by Gasteiger charge is 2.08. The highest BCUT2D eigenvalue weighted by atomic mass is 32.2. The summed E-state index contributed by atoms with van der Waals surface area (Å²) in [6, 6.07) is 6.56.